The van der Waals surface area contributed by atoms with Crippen molar-refractivity contribution in [3.63, 3.8) is 0 Å². The van der Waals surface area contributed by atoms with Crippen molar-refractivity contribution in [3.05, 3.63) is 53.3 Å². The molecular formula is C23H27F3N2O5S2. The molecule has 1 aromatic carbocycles. The Morgan fingerprint density at radius 2 is 1.69 bits per heavy atom. The molecular weight excluding hydrogens is 505 g/mol. The fraction of sp³-hybridized carbons (Fsp3) is 0.478. The standard InChI is InChI=1S/C23H27F3N2O5S2/c1-14(2)34(30,31)20-11-15(3)13-27-21(20)22(29)28-17-7-9-18(10-8-17)35(32,33)19-6-4-5-16(12-19)23(24,25)26/h4-6,11-14,17-18H,7-10H2,1-3H3,(H,28,29). The zero-order chi connectivity index (χ0) is 26.2. The first kappa shape index (κ1) is 27.1. The second-order valence-corrected chi connectivity index (χ2v) is 13.7. The van der Waals surface area contributed by atoms with Gasteiger partial charge >= 0.3 is 6.18 Å². The number of halogens is 3. The van der Waals surface area contributed by atoms with Crippen molar-refractivity contribution in [2.75, 3.05) is 0 Å². The Morgan fingerprint density at radius 1 is 1.06 bits per heavy atom. The van der Waals surface area contributed by atoms with Crippen LogP contribution in [0.5, 0.6) is 0 Å². The number of aromatic nitrogens is 1. The molecule has 1 heterocycles. The summed E-state index contributed by atoms with van der Waals surface area (Å²) in [6.45, 7) is 4.68. The smallest absolute Gasteiger partial charge is 0.348 e. The minimum Gasteiger partial charge on any atom is -0.348 e. The highest BCUT2D eigenvalue weighted by molar-refractivity contribution is 7.92. The Bertz CT molecular complexity index is 1310. The number of rotatable bonds is 6. The third-order valence-electron chi connectivity index (χ3n) is 6.07. The summed E-state index contributed by atoms with van der Waals surface area (Å²) in [6, 6.07) is 4.65. The van der Waals surface area contributed by atoms with Gasteiger partial charge in [-0.2, -0.15) is 13.2 Å². The predicted molar refractivity (Wildman–Crippen MR) is 123 cm³/mol. The summed E-state index contributed by atoms with van der Waals surface area (Å²) >= 11 is 0. The van der Waals surface area contributed by atoms with Crippen LogP contribution in [0.3, 0.4) is 0 Å². The molecule has 7 nitrogen and oxygen atoms in total. The third-order valence-corrected chi connectivity index (χ3v) is 10.5. The minimum absolute atomic E-state index is 0.141. The molecule has 1 fully saturated rings. The summed E-state index contributed by atoms with van der Waals surface area (Å²) in [5, 5.41) is 1.10. The molecule has 1 aliphatic rings. The van der Waals surface area contributed by atoms with Crippen LogP contribution in [0.1, 0.15) is 61.1 Å². The lowest BCUT2D eigenvalue weighted by atomic mass is 9.95. The fourth-order valence-corrected chi connectivity index (χ4v) is 7.11. The quantitative estimate of drug-likeness (QED) is 0.600. The Hall–Kier alpha value is -2.47. The van der Waals surface area contributed by atoms with Crippen molar-refractivity contribution in [2.45, 2.75) is 79.0 Å². The monoisotopic (exact) mass is 532 g/mol. The van der Waals surface area contributed by atoms with Gasteiger partial charge in [0, 0.05) is 12.2 Å². The van der Waals surface area contributed by atoms with Crippen LogP contribution in [0.25, 0.3) is 0 Å². The van der Waals surface area contributed by atoms with E-state index in [9.17, 15) is 34.8 Å². The van der Waals surface area contributed by atoms with E-state index in [-0.39, 0.29) is 41.2 Å². The second-order valence-electron chi connectivity index (χ2n) is 8.97. The van der Waals surface area contributed by atoms with Gasteiger partial charge in [-0.05, 0) is 76.3 Å². The normalized spacial score (nSPS) is 19.5. The van der Waals surface area contributed by atoms with Crippen LogP contribution in [-0.2, 0) is 25.9 Å². The number of aryl methyl sites for hydroxylation is 1. The number of benzene rings is 1. The summed E-state index contributed by atoms with van der Waals surface area (Å²) in [6.07, 6.45) is -2.43. The summed E-state index contributed by atoms with van der Waals surface area (Å²) in [7, 11) is -7.77. The SMILES string of the molecule is Cc1cnc(C(=O)NC2CCC(S(=O)(=O)c3cccc(C(F)(F)F)c3)CC2)c(S(=O)(=O)C(C)C)c1. The Labute approximate surface area is 203 Å². The fourth-order valence-electron chi connectivity index (χ4n) is 4.00. The minimum atomic E-state index is -4.65. The second kappa shape index (κ2) is 9.88. The topological polar surface area (TPSA) is 110 Å². The van der Waals surface area contributed by atoms with Gasteiger partial charge in [0.1, 0.15) is 5.69 Å². The molecule has 0 aliphatic heterocycles. The summed E-state index contributed by atoms with van der Waals surface area (Å²) in [5.41, 5.74) is -0.665. The van der Waals surface area contributed by atoms with Gasteiger partial charge in [-0.15, -0.1) is 0 Å². The van der Waals surface area contributed by atoms with Crippen LogP contribution >= 0.6 is 0 Å². The average molecular weight is 533 g/mol. The van der Waals surface area contributed by atoms with Crippen molar-refractivity contribution < 1.29 is 34.8 Å². The number of hydrogen-bond donors (Lipinski definition) is 1. The zero-order valence-electron chi connectivity index (χ0n) is 19.5. The van der Waals surface area contributed by atoms with Gasteiger partial charge in [0.2, 0.25) is 0 Å². The number of sulfone groups is 2. The number of nitrogens with zero attached hydrogens (tertiary/aromatic N) is 1. The molecule has 0 saturated heterocycles. The van der Waals surface area contributed by atoms with Crippen molar-refractivity contribution in [1.29, 1.82) is 0 Å². The van der Waals surface area contributed by atoms with Crippen LogP contribution < -0.4 is 5.32 Å². The number of carbonyl (C=O) groups is 1. The summed E-state index contributed by atoms with van der Waals surface area (Å²) in [4.78, 5) is 16.4. The molecule has 12 heteroatoms. The predicted octanol–water partition coefficient (Wildman–Crippen LogP) is 4.11. The van der Waals surface area contributed by atoms with Crippen molar-refractivity contribution in [3.8, 4) is 0 Å². The zero-order valence-corrected chi connectivity index (χ0v) is 21.1. The first-order valence-electron chi connectivity index (χ1n) is 11.1. The lowest BCUT2D eigenvalue weighted by Crippen LogP contribution is -2.41. The molecule has 1 amide bonds. The molecule has 192 valence electrons. The largest absolute Gasteiger partial charge is 0.416 e. The van der Waals surface area contributed by atoms with Crippen molar-refractivity contribution in [1.82, 2.24) is 10.3 Å². The van der Waals surface area contributed by atoms with Crippen LogP contribution in [0, 0.1) is 6.92 Å². The van der Waals surface area contributed by atoms with Gasteiger partial charge < -0.3 is 5.32 Å². The molecule has 0 unspecified atom stereocenters. The van der Waals surface area contributed by atoms with E-state index in [0.717, 1.165) is 18.2 Å². The first-order chi connectivity index (χ1) is 16.1. The number of nitrogens with one attached hydrogen (secondary N) is 1. The lowest BCUT2D eigenvalue weighted by Gasteiger charge is -2.29. The molecule has 0 radical (unpaired) electrons. The van der Waals surface area contributed by atoms with Gasteiger partial charge in [-0.1, -0.05) is 6.07 Å². The van der Waals surface area contributed by atoms with E-state index in [2.05, 4.69) is 10.3 Å². The molecule has 2 aromatic rings. The van der Waals surface area contributed by atoms with Crippen LogP contribution in [0.4, 0.5) is 13.2 Å². The lowest BCUT2D eigenvalue weighted by molar-refractivity contribution is -0.137. The Balaban J connectivity index is 1.73. The maximum atomic E-state index is 13.0. The molecule has 35 heavy (non-hydrogen) atoms. The number of amides is 1. The van der Waals surface area contributed by atoms with Crippen LogP contribution in [0.2, 0.25) is 0 Å². The molecule has 1 N–H and O–H groups in total. The van der Waals surface area contributed by atoms with E-state index >= 15 is 0 Å². The summed E-state index contributed by atoms with van der Waals surface area (Å²) in [5.74, 6) is -0.673. The van der Waals surface area contributed by atoms with E-state index in [1.165, 1.54) is 26.1 Å². The Kier molecular flexibility index (Phi) is 7.66. The van der Waals surface area contributed by atoms with Gasteiger partial charge in [0.05, 0.1) is 25.9 Å². The highest BCUT2D eigenvalue weighted by Gasteiger charge is 2.36. The first-order valence-corrected chi connectivity index (χ1v) is 14.2. The molecule has 0 spiro atoms. The van der Waals surface area contributed by atoms with E-state index in [1.807, 2.05) is 0 Å². The van der Waals surface area contributed by atoms with Gasteiger partial charge in [0.15, 0.2) is 19.7 Å². The molecule has 0 bridgehead atoms. The number of hydrogen-bond acceptors (Lipinski definition) is 6. The molecule has 1 saturated carbocycles. The van der Waals surface area contributed by atoms with Gasteiger partial charge in [-0.3, -0.25) is 4.79 Å². The molecule has 0 atom stereocenters. The van der Waals surface area contributed by atoms with Crippen molar-refractivity contribution in [2.24, 2.45) is 0 Å². The van der Waals surface area contributed by atoms with E-state index < -0.39 is 53.9 Å². The van der Waals surface area contributed by atoms with Gasteiger partial charge in [0.25, 0.3) is 5.91 Å². The third kappa shape index (κ3) is 5.85. The van der Waals surface area contributed by atoms with E-state index in [0.29, 0.717) is 11.6 Å². The number of alkyl halides is 3. The van der Waals surface area contributed by atoms with Gasteiger partial charge in [-0.25, -0.2) is 21.8 Å². The average Bonchev–Trinajstić information content (AvgIpc) is 2.78. The van der Waals surface area contributed by atoms with E-state index in [4.69, 9.17) is 0 Å². The number of pyridine rings is 1. The van der Waals surface area contributed by atoms with E-state index in [1.54, 1.807) is 6.92 Å². The van der Waals surface area contributed by atoms with Crippen molar-refractivity contribution >= 4 is 25.6 Å². The number of carbonyl (C=O) groups excluding carboxylic acids is 1. The molecule has 3 rings (SSSR count). The maximum absolute atomic E-state index is 13.0. The maximum Gasteiger partial charge on any atom is 0.416 e. The molecule has 1 aromatic heterocycles. The highest BCUT2D eigenvalue weighted by Crippen LogP contribution is 2.34. The highest BCUT2D eigenvalue weighted by atomic mass is 32.2. The van der Waals surface area contributed by atoms with Crippen LogP contribution in [-0.4, -0.2) is 44.3 Å². The molecule has 1 aliphatic carbocycles. The summed E-state index contributed by atoms with van der Waals surface area (Å²) < 4.78 is 90.3. The Morgan fingerprint density at radius 3 is 2.26 bits per heavy atom. The van der Waals surface area contributed by atoms with Crippen LogP contribution in [0.15, 0.2) is 46.3 Å².